The zero-order valence-corrected chi connectivity index (χ0v) is 22.6. The number of carboxylic acids is 1. The van der Waals surface area contributed by atoms with E-state index in [1.807, 2.05) is 13.8 Å². The molecule has 0 saturated carbocycles. The standard InChI is InChI=1S/C28H27Cl2F3N2O4/c1-16(2)25(35-19-6-3-17(4-7-19)27(38)34-12-11-26(36)37)15-39-20-8-10-22(24(30)14-20)21-9-5-18(13-23(21)29)28(31,32)33/h3-10,13-14,16,25,35H,11-12,15H2,1-2H3,(H,34,38)(H,36,37)/t25-/m1/s1. The summed E-state index contributed by atoms with van der Waals surface area (Å²) in [5.41, 5.74) is 1.19. The number of rotatable bonds is 11. The van der Waals surface area contributed by atoms with Crippen LogP contribution in [0, 0.1) is 5.92 Å². The molecule has 208 valence electrons. The van der Waals surface area contributed by atoms with Crippen molar-refractivity contribution < 1.29 is 32.6 Å². The Kier molecular flexibility index (Phi) is 10.1. The maximum Gasteiger partial charge on any atom is 0.416 e. The first kappa shape index (κ1) is 30.1. The molecule has 3 rings (SSSR count). The number of anilines is 1. The molecule has 0 aliphatic heterocycles. The molecule has 0 unspecified atom stereocenters. The lowest BCUT2D eigenvalue weighted by molar-refractivity contribution is -0.138. The quantitative estimate of drug-likeness (QED) is 0.219. The first-order chi connectivity index (χ1) is 18.3. The normalized spacial score (nSPS) is 12.2. The van der Waals surface area contributed by atoms with Gasteiger partial charge >= 0.3 is 12.1 Å². The predicted molar refractivity (Wildman–Crippen MR) is 146 cm³/mol. The molecule has 1 amide bonds. The van der Waals surface area contributed by atoms with Crippen molar-refractivity contribution in [3.05, 3.63) is 81.8 Å². The zero-order valence-electron chi connectivity index (χ0n) is 21.1. The van der Waals surface area contributed by atoms with E-state index in [0.717, 1.165) is 17.8 Å². The molecule has 0 radical (unpaired) electrons. The average molecular weight is 583 g/mol. The van der Waals surface area contributed by atoms with Crippen LogP contribution >= 0.6 is 23.2 Å². The number of benzene rings is 3. The smallest absolute Gasteiger partial charge is 0.416 e. The fourth-order valence-electron chi connectivity index (χ4n) is 3.62. The highest BCUT2D eigenvalue weighted by Gasteiger charge is 2.31. The van der Waals surface area contributed by atoms with Crippen molar-refractivity contribution >= 4 is 40.8 Å². The lowest BCUT2D eigenvalue weighted by atomic mass is 10.0. The summed E-state index contributed by atoms with van der Waals surface area (Å²) in [6.07, 6.45) is -4.65. The molecule has 39 heavy (non-hydrogen) atoms. The molecular weight excluding hydrogens is 556 g/mol. The predicted octanol–water partition coefficient (Wildman–Crippen LogP) is 7.40. The van der Waals surface area contributed by atoms with Crippen molar-refractivity contribution in [2.24, 2.45) is 5.92 Å². The average Bonchev–Trinajstić information content (AvgIpc) is 2.86. The maximum absolute atomic E-state index is 13.0. The molecule has 3 aromatic rings. The van der Waals surface area contributed by atoms with Crippen LogP contribution in [0.3, 0.4) is 0 Å². The Morgan fingerprint density at radius 3 is 2.10 bits per heavy atom. The van der Waals surface area contributed by atoms with E-state index < -0.39 is 17.7 Å². The number of carbonyl (C=O) groups is 2. The number of carbonyl (C=O) groups excluding carboxylic acids is 1. The van der Waals surface area contributed by atoms with Gasteiger partial charge in [0.15, 0.2) is 0 Å². The molecule has 0 aliphatic rings. The largest absolute Gasteiger partial charge is 0.491 e. The number of aliphatic carboxylic acids is 1. The molecule has 0 heterocycles. The highest BCUT2D eigenvalue weighted by atomic mass is 35.5. The van der Waals surface area contributed by atoms with Gasteiger partial charge in [0.1, 0.15) is 12.4 Å². The van der Waals surface area contributed by atoms with Gasteiger partial charge in [-0.05, 0) is 60.5 Å². The van der Waals surface area contributed by atoms with E-state index in [9.17, 15) is 22.8 Å². The third kappa shape index (κ3) is 8.53. The second-order valence-corrected chi connectivity index (χ2v) is 9.93. The SMILES string of the molecule is CC(C)[C@@H](COc1ccc(-c2ccc(C(F)(F)F)cc2Cl)c(Cl)c1)Nc1ccc(C(=O)NCCC(=O)O)cc1. The third-order valence-electron chi connectivity index (χ3n) is 5.89. The number of amides is 1. The van der Waals surface area contributed by atoms with E-state index in [0.29, 0.717) is 22.4 Å². The summed E-state index contributed by atoms with van der Waals surface area (Å²) in [5, 5.41) is 14.8. The molecule has 0 bridgehead atoms. The molecule has 3 N–H and O–H groups in total. The second kappa shape index (κ2) is 13.1. The summed E-state index contributed by atoms with van der Waals surface area (Å²) < 4.78 is 44.8. The first-order valence-corrected chi connectivity index (χ1v) is 12.8. The Morgan fingerprint density at radius 1 is 0.949 bits per heavy atom. The van der Waals surface area contributed by atoms with Crippen molar-refractivity contribution in [2.45, 2.75) is 32.5 Å². The third-order valence-corrected chi connectivity index (χ3v) is 6.51. The van der Waals surface area contributed by atoms with Crippen LogP contribution < -0.4 is 15.4 Å². The van der Waals surface area contributed by atoms with Gasteiger partial charge in [-0.3, -0.25) is 9.59 Å². The summed E-state index contributed by atoms with van der Waals surface area (Å²) in [7, 11) is 0. The molecule has 11 heteroatoms. The van der Waals surface area contributed by atoms with Gasteiger partial charge in [0.05, 0.1) is 23.0 Å². The molecule has 3 aromatic carbocycles. The van der Waals surface area contributed by atoms with Crippen LogP contribution in [-0.4, -0.2) is 36.2 Å². The highest BCUT2D eigenvalue weighted by molar-refractivity contribution is 6.36. The molecule has 0 spiro atoms. The fourth-order valence-corrected chi connectivity index (χ4v) is 4.17. The van der Waals surface area contributed by atoms with E-state index >= 15 is 0 Å². The van der Waals surface area contributed by atoms with Gasteiger partial charge in [0.25, 0.3) is 5.91 Å². The summed E-state index contributed by atoms with van der Waals surface area (Å²) >= 11 is 12.5. The minimum Gasteiger partial charge on any atom is -0.491 e. The second-order valence-electron chi connectivity index (χ2n) is 9.12. The minimum absolute atomic E-state index is 0.0449. The van der Waals surface area contributed by atoms with Gasteiger partial charge in [0.2, 0.25) is 0 Å². The zero-order chi connectivity index (χ0) is 28.7. The van der Waals surface area contributed by atoms with Gasteiger partial charge in [-0.25, -0.2) is 0 Å². The highest BCUT2D eigenvalue weighted by Crippen LogP contribution is 2.39. The maximum atomic E-state index is 13.0. The number of ether oxygens (including phenoxy) is 1. The minimum atomic E-state index is -4.50. The Balaban J connectivity index is 1.63. The van der Waals surface area contributed by atoms with Gasteiger partial charge in [-0.15, -0.1) is 0 Å². The molecule has 1 atom stereocenters. The van der Waals surface area contributed by atoms with E-state index in [2.05, 4.69) is 10.6 Å². The van der Waals surface area contributed by atoms with Gasteiger partial charge in [-0.1, -0.05) is 43.1 Å². The van der Waals surface area contributed by atoms with Crippen LogP contribution in [0.2, 0.25) is 10.0 Å². The lowest BCUT2D eigenvalue weighted by Crippen LogP contribution is -2.32. The van der Waals surface area contributed by atoms with E-state index in [4.69, 9.17) is 33.0 Å². The summed E-state index contributed by atoms with van der Waals surface area (Å²) in [6, 6.07) is 14.7. The van der Waals surface area contributed by atoms with Crippen LogP contribution in [-0.2, 0) is 11.0 Å². The molecule has 6 nitrogen and oxygen atoms in total. The monoisotopic (exact) mass is 582 g/mol. The van der Waals surface area contributed by atoms with Crippen molar-refractivity contribution in [3.63, 3.8) is 0 Å². The van der Waals surface area contributed by atoms with Crippen molar-refractivity contribution in [1.82, 2.24) is 5.32 Å². The first-order valence-electron chi connectivity index (χ1n) is 12.0. The number of alkyl halides is 3. The van der Waals surface area contributed by atoms with Crippen LogP contribution in [0.25, 0.3) is 11.1 Å². The molecule has 0 fully saturated rings. The number of hydrogen-bond donors (Lipinski definition) is 3. The summed E-state index contributed by atoms with van der Waals surface area (Å²) in [5.74, 6) is -0.694. The number of carboxylic acid groups (broad SMARTS) is 1. The van der Waals surface area contributed by atoms with E-state index in [-0.39, 0.29) is 47.5 Å². The van der Waals surface area contributed by atoms with Crippen LogP contribution in [0.5, 0.6) is 5.75 Å². The van der Waals surface area contributed by atoms with Crippen molar-refractivity contribution in [2.75, 3.05) is 18.5 Å². The Labute approximate surface area is 234 Å². The van der Waals surface area contributed by atoms with E-state index in [1.54, 1.807) is 42.5 Å². The number of nitrogens with one attached hydrogen (secondary N) is 2. The van der Waals surface area contributed by atoms with Crippen LogP contribution in [0.1, 0.15) is 36.2 Å². The molecule has 0 aromatic heterocycles. The number of halogens is 5. The van der Waals surface area contributed by atoms with Crippen LogP contribution in [0.4, 0.5) is 18.9 Å². The fraction of sp³-hybridized carbons (Fsp3) is 0.286. The Bertz CT molecular complexity index is 1320. The van der Waals surface area contributed by atoms with E-state index in [1.165, 1.54) is 6.07 Å². The Hall–Kier alpha value is -3.43. The Morgan fingerprint density at radius 2 is 1.56 bits per heavy atom. The van der Waals surface area contributed by atoms with Crippen molar-refractivity contribution in [3.8, 4) is 16.9 Å². The molecule has 0 aliphatic carbocycles. The lowest BCUT2D eigenvalue weighted by Gasteiger charge is -2.24. The van der Waals surface area contributed by atoms with Gasteiger partial charge in [-0.2, -0.15) is 13.2 Å². The summed E-state index contributed by atoms with van der Waals surface area (Å²) in [4.78, 5) is 22.7. The summed E-state index contributed by atoms with van der Waals surface area (Å²) in [6.45, 7) is 4.37. The number of hydrogen-bond acceptors (Lipinski definition) is 4. The van der Waals surface area contributed by atoms with Gasteiger partial charge in [0, 0.05) is 33.9 Å². The molecule has 0 saturated heterocycles. The molecular formula is C28H27Cl2F3N2O4. The van der Waals surface area contributed by atoms with Crippen molar-refractivity contribution in [1.29, 1.82) is 0 Å². The van der Waals surface area contributed by atoms with Crippen LogP contribution in [0.15, 0.2) is 60.7 Å². The van der Waals surface area contributed by atoms with Gasteiger partial charge < -0.3 is 20.5 Å². The topological polar surface area (TPSA) is 87.7 Å².